The fourth-order valence-corrected chi connectivity index (χ4v) is 2.98. The van der Waals surface area contributed by atoms with E-state index in [0.717, 1.165) is 35.6 Å². The summed E-state index contributed by atoms with van der Waals surface area (Å²) in [7, 11) is 8.29. The summed E-state index contributed by atoms with van der Waals surface area (Å²) < 4.78 is 21.6. The zero-order chi connectivity index (χ0) is 21.2. The van der Waals surface area contributed by atoms with Gasteiger partial charge >= 0.3 is 0 Å². The Balaban J connectivity index is 1.95. The Labute approximate surface area is 173 Å². The number of benzene rings is 2. The Bertz CT molecular complexity index is 837. The number of guanidine groups is 1. The van der Waals surface area contributed by atoms with Crippen LogP contribution in [0.1, 0.15) is 16.7 Å². The number of nitrogens with one attached hydrogen (secondary N) is 2. The second-order valence-electron chi connectivity index (χ2n) is 6.43. The van der Waals surface area contributed by atoms with Crippen molar-refractivity contribution in [1.82, 2.24) is 10.6 Å². The zero-order valence-electron chi connectivity index (χ0n) is 18.1. The maximum atomic E-state index is 5.48. The lowest BCUT2D eigenvalue weighted by Crippen LogP contribution is -2.37. The van der Waals surface area contributed by atoms with Crippen LogP contribution in [0.5, 0.6) is 23.0 Å². The first-order valence-electron chi connectivity index (χ1n) is 9.43. The first-order valence-corrected chi connectivity index (χ1v) is 9.43. The topological polar surface area (TPSA) is 73.3 Å². The number of aryl methyl sites for hydroxylation is 1. The lowest BCUT2D eigenvalue weighted by atomic mass is 10.1. The molecule has 0 aliphatic heterocycles. The predicted octanol–water partition coefficient (Wildman–Crippen LogP) is 2.94. The molecule has 7 nitrogen and oxygen atoms in total. The molecular weight excluding hydrogens is 370 g/mol. The summed E-state index contributed by atoms with van der Waals surface area (Å²) in [4.78, 5) is 4.29. The van der Waals surface area contributed by atoms with Gasteiger partial charge in [-0.2, -0.15) is 0 Å². The van der Waals surface area contributed by atoms with Crippen molar-refractivity contribution < 1.29 is 18.9 Å². The van der Waals surface area contributed by atoms with Crippen molar-refractivity contribution in [3.63, 3.8) is 0 Å². The smallest absolute Gasteiger partial charge is 0.191 e. The van der Waals surface area contributed by atoms with E-state index in [9.17, 15) is 0 Å². The molecule has 0 aliphatic rings. The van der Waals surface area contributed by atoms with Gasteiger partial charge in [-0.15, -0.1) is 0 Å². The van der Waals surface area contributed by atoms with Gasteiger partial charge < -0.3 is 29.6 Å². The molecule has 2 aromatic rings. The van der Waals surface area contributed by atoms with Gasteiger partial charge in [0.05, 0.1) is 28.4 Å². The lowest BCUT2D eigenvalue weighted by molar-refractivity contribution is 0.347. The molecule has 158 valence electrons. The van der Waals surface area contributed by atoms with Gasteiger partial charge in [0.25, 0.3) is 0 Å². The Morgan fingerprint density at radius 1 is 0.828 bits per heavy atom. The van der Waals surface area contributed by atoms with E-state index in [-0.39, 0.29) is 0 Å². The van der Waals surface area contributed by atoms with Gasteiger partial charge in [-0.05, 0) is 36.6 Å². The van der Waals surface area contributed by atoms with Crippen LogP contribution in [0.3, 0.4) is 0 Å². The quantitative estimate of drug-likeness (QED) is 0.497. The molecule has 0 saturated carbocycles. The highest BCUT2D eigenvalue weighted by molar-refractivity contribution is 5.79. The lowest BCUT2D eigenvalue weighted by Gasteiger charge is -2.16. The summed E-state index contributed by atoms with van der Waals surface area (Å²) in [5.41, 5.74) is 3.28. The molecule has 0 amide bonds. The van der Waals surface area contributed by atoms with Crippen LogP contribution in [0.4, 0.5) is 0 Å². The highest BCUT2D eigenvalue weighted by atomic mass is 16.5. The molecule has 0 heterocycles. The van der Waals surface area contributed by atoms with Gasteiger partial charge in [-0.1, -0.05) is 12.1 Å². The summed E-state index contributed by atoms with van der Waals surface area (Å²) in [6.07, 6.45) is 0.858. The van der Waals surface area contributed by atoms with Crippen molar-refractivity contribution >= 4 is 5.96 Å². The molecule has 0 radical (unpaired) electrons. The van der Waals surface area contributed by atoms with Crippen LogP contribution in [-0.4, -0.2) is 48.0 Å². The number of hydrogen-bond acceptors (Lipinski definition) is 5. The van der Waals surface area contributed by atoms with E-state index < -0.39 is 0 Å². The number of hydrogen-bond donors (Lipinski definition) is 2. The number of methoxy groups -OCH3 is 4. The molecule has 7 heteroatoms. The highest BCUT2D eigenvalue weighted by Gasteiger charge is 2.12. The number of nitrogens with zero attached hydrogens (tertiary/aromatic N) is 1. The average Bonchev–Trinajstić information content (AvgIpc) is 2.76. The Kier molecular flexibility index (Phi) is 8.45. The van der Waals surface area contributed by atoms with Crippen molar-refractivity contribution in [2.45, 2.75) is 19.9 Å². The fourth-order valence-electron chi connectivity index (χ4n) is 2.98. The zero-order valence-corrected chi connectivity index (χ0v) is 18.1. The summed E-state index contributed by atoms with van der Waals surface area (Å²) in [5, 5.41) is 6.64. The van der Waals surface area contributed by atoms with E-state index in [1.807, 2.05) is 19.1 Å². The fraction of sp³-hybridized carbons (Fsp3) is 0.409. The maximum Gasteiger partial charge on any atom is 0.191 e. The Hall–Kier alpha value is -3.09. The van der Waals surface area contributed by atoms with E-state index in [4.69, 9.17) is 18.9 Å². The van der Waals surface area contributed by atoms with Crippen LogP contribution in [0, 0.1) is 6.92 Å². The molecule has 0 spiro atoms. The molecule has 2 aromatic carbocycles. The minimum Gasteiger partial charge on any atom is -0.496 e. The summed E-state index contributed by atoms with van der Waals surface area (Å²) in [6, 6.07) is 9.98. The predicted molar refractivity (Wildman–Crippen MR) is 116 cm³/mol. The van der Waals surface area contributed by atoms with Crippen LogP contribution in [0.2, 0.25) is 0 Å². The van der Waals surface area contributed by atoms with Gasteiger partial charge in [0, 0.05) is 31.8 Å². The molecule has 0 fully saturated rings. The molecule has 0 atom stereocenters. The summed E-state index contributed by atoms with van der Waals surface area (Å²) in [6.45, 7) is 3.31. The van der Waals surface area contributed by atoms with E-state index in [1.54, 1.807) is 35.5 Å². The van der Waals surface area contributed by atoms with Crippen molar-refractivity contribution in [3.05, 3.63) is 47.0 Å². The third-order valence-corrected chi connectivity index (χ3v) is 4.64. The van der Waals surface area contributed by atoms with Gasteiger partial charge in [0.15, 0.2) is 17.5 Å². The van der Waals surface area contributed by atoms with E-state index >= 15 is 0 Å². The van der Waals surface area contributed by atoms with E-state index in [2.05, 4.69) is 33.8 Å². The number of ether oxygens (including phenoxy) is 4. The van der Waals surface area contributed by atoms with Crippen molar-refractivity contribution in [2.24, 2.45) is 4.99 Å². The summed E-state index contributed by atoms with van der Waals surface area (Å²) in [5.74, 6) is 3.62. The molecule has 0 unspecified atom stereocenters. The van der Waals surface area contributed by atoms with Crippen molar-refractivity contribution in [2.75, 3.05) is 42.0 Å². The maximum absolute atomic E-state index is 5.48. The Morgan fingerprint density at radius 2 is 1.48 bits per heavy atom. The third-order valence-electron chi connectivity index (χ3n) is 4.64. The van der Waals surface area contributed by atoms with Gasteiger partial charge in [0.2, 0.25) is 0 Å². The molecule has 0 aromatic heterocycles. The van der Waals surface area contributed by atoms with Gasteiger partial charge in [0.1, 0.15) is 11.5 Å². The van der Waals surface area contributed by atoms with Gasteiger partial charge in [-0.3, -0.25) is 4.99 Å². The standard InChI is InChI=1S/C22H31N3O4/c1-15-7-8-16(11-18(15)26-3)9-10-24-22(23-2)25-14-17-12-20(28-5)21(29-6)13-19(17)27-4/h7-8,11-13H,9-10,14H2,1-6H3,(H2,23,24,25). The SMILES string of the molecule is CN=C(NCCc1ccc(C)c(OC)c1)NCc1cc(OC)c(OC)cc1OC. The molecule has 29 heavy (non-hydrogen) atoms. The number of aliphatic imine (C=N–C) groups is 1. The van der Waals surface area contributed by atoms with Gasteiger partial charge in [-0.25, -0.2) is 0 Å². The highest BCUT2D eigenvalue weighted by Crippen LogP contribution is 2.34. The molecule has 0 saturated heterocycles. The van der Waals surface area contributed by atoms with Crippen LogP contribution in [0.15, 0.2) is 35.3 Å². The van der Waals surface area contributed by atoms with Crippen LogP contribution < -0.4 is 29.6 Å². The second-order valence-corrected chi connectivity index (χ2v) is 6.43. The Morgan fingerprint density at radius 3 is 2.10 bits per heavy atom. The third kappa shape index (κ3) is 5.94. The second kappa shape index (κ2) is 11.0. The molecular formula is C22H31N3O4. The minimum absolute atomic E-state index is 0.529. The minimum atomic E-state index is 0.529. The van der Waals surface area contributed by atoms with E-state index in [1.165, 1.54) is 5.56 Å². The largest absolute Gasteiger partial charge is 0.496 e. The molecule has 0 bridgehead atoms. The summed E-state index contributed by atoms with van der Waals surface area (Å²) >= 11 is 0. The number of rotatable bonds is 9. The van der Waals surface area contributed by atoms with Crippen LogP contribution in [0.25, 0.3) is 0 Å². The molecule has 2 N–H and O–H groups in total. The average molecular weight is 402 g/mol. The molecule has 2 rings (SSSR count). The van der Waals surface area contributed by atoms with Crippen molar-refractivity contribution in [3.8, 4) is 23.0 Å². The van der Waals surface area contributed by atoms with E-state index in [0.29, 0.717) is 24.0 Å². The normalized spacial score (nSPS) is 11.0. The first kappa shape index (κ1) is 22.2. The monoisotopic (exact) mass is 401 g/mol. The van der Waals surface area contributed by atoms with Crippen molar-refractivity contribution in [1.29, 1.82) is 0 Å². The molecule has 0 aliphatic carbocycles. The van der Waals surface area contributed by atoms with Crippen LogP contribution in [-0.2, 0) is 13.0 Å². The first-order chi connectivity index (χ1) is 14.1. The van der Waals surface area contributed by atoms with Crippen LogP contribution >= 0.6 is 0 Å².